The summed E-state index contributed by atoms with van der Waals surface area (Å²) in [6.07, 6.45) is 3.32. The summed E-state index contributed by atoms with van der Waals surface area (Å²) >= 11 is 0. The number of hydrogen-bond donors (Lipinski definition) is 0. The Labute approximate surface area is 137 Å². The van der Waals surface area contributed by atoms with Crippen molar-refractivity contribution >= 4 is 24.0 Å². The monoisotopic (exact) mass is 317 g/mol. The molecule has 0 bridgehead atoms. The maximum Gasteiger partial charge on any atom is 0.255 e. The van der Waals surface area contributed by atoms with Crippen LogP contribution in [0.15, 0.2) is 48.8 Å². The summed E-state index contributed by atoms with van der Waals surface area (Å²) in [6.45, 7) is 5.35. The molecule has 0 radical (unpaired) electrons. The van der Waals surface area contributed by atoms with Crippen LogP contribution in [0.25, 0.3) is 0 Å². The Balaban J connectivity index is 0.00000176. The number of pyridine rings is 1. The van der Waals surface area contributed by atoms with Gasteiger partial charge in [-0.15, -0.1) is 12.4 Å². The fourth-order valence-electron chi connectivity index (χ4n) is 2.66. The number of carbonyl (C=O) groups is 1. The standard InChI is InChI=1S/C17H19N3O.ClH/c1-14-4-2-6-16(12-14)19-8-10-20(11-9-19)17(21)15-5-3-7-18-13-15;/h2-7,12-13H,8-11H2,1H3;1H. The number of piperazine rings is 1. The topological polar surface area (TPSA) is 36.4 Å². The van der Waals surface area contributed by atoms with Crippen molar-refractivity contribution < 1.29 is 4.79 Å². The molecule has 1 saturated heterocycles. The van der Waals surface area contributed by atoms with E-state index < -0.39 is 0 Å². The molecule has 22 heavy (non-hydrogen) atoms. The second-order valence-electron chi connectivity index (χ2n) is 5.36. The summed E-state index contributed by atoms with van der Waals surface area (Å²) in [7, 11) is 0. The van der Waals surface area contributed by atoms with E-state index in [2.05, 4.69) is 41.1 Å². The molecule has 1 amide bonds. The van der Waals surface area contributed by atoms with E-state index in [1.54, 1.807) is 18.5 Å². The van der Waals surface area contributed by atoms with E-state index in [0.29, 0.717) is 5.56 Å². The molecule has 1 aromatic carbocycles. The van der Waals surface area contributed by atoms with Gasteiger partial charge in [0.05, 0.1) is 5.56 Å². The first kappa shape index (κ1) is 16.3. The molecule has 2 heterocycles. The molecular formula is C17H20ClN3O. The number of benzene rings is 1. The van der Waals surface area contributed by atoms with Gasteiger partial charge in [-0.3, -0.25) is 9.78 Å². The van der Waals surface area contributed by atoms with Gasteiger partial charge in [-0.2, -0.15) is 0 Å². The molecule has 1 aromatic heterocycles. The molecule has 0 spiro atoms. The number of aryl methyl sites for hydroxylation is 1. The van der Waals surface area contributed by atoms with Crippen molar-refractivity contribution in [2.75, 3.05) is 31.1 Å². The van der Waals surface area contributed by atoms with Gasteiger partial charge >= 0.3 is 0 Å². The second-order valence-corrected chi connectivity index (χ2v) is 5.36. The van der Waals surface area contributed by atoms with Crippen molar-refractivity contribution in [3.8, 4) is 0 Å². The van der Waals surface area contributed by atoms with Crippen molar-refractivity contribution in [3.05, 3.63) is 59.9 Å². The highest BCUT2D eigenvalue weighted by Crippen LogP contribution is 2.18. The maximum absolute atomic E-state index is 12.4. The van der Waals surface area contributed by atoms with Gasteiger partial charge in [0.2, 0.25) is 0 Å². The Morgan fingerprint density at radius 3 is 2.50 bits per heavy atom. The lowest BCUT2D eigenvalue weighted by Crippen LogP contribution is -2.48. The molecule has 1 fully saturated rings. The highest BCUT2D eigenvalue weighted by atomic mass is 35.5. The Bertz CT molecular complexity index is 625. The minimum absolute atomic E-state index is 0. The van der Waals surface area contributed by atoms with Gasteiger partial charge in [0, 0.05) is 44.3 Å². The summed E-state index contributed by atoms with van der Waals surface area (Å²) in [4.78, 5) is 20.6. The first-order valence-electron chi connectivity index (χ1n) is 7.25. The zero-order valence-electron chi connectivity index (χ0n) is 12.6. The summed E-state index contributed by atoms with van der Waals surface area (Å²) in [5.74, 6) is 0.0759. The van der Waals surface area contributed by atoms with Gasteiger partial charge in [-0.1, -0.05) is 12.1 Å². The molecule has 1 aliphatic rings. The lowest BCUT2D eigenvalue weighted by Gasteiger charge is -2.36. The van der Waals surface area contributed by atoms with Gasteiger partial charge in [0.1, 0.15) is 0 Å². The lowest BCUT2D eigenvalue weighted by molar-refractivity contribution is 0.0746. The van der Waals surface area contributed by atoms with Gasteiger partial charge < -0.3 is 9.80 Å². The van der Waals surface area contributed by atoms with Crippen molar-refractivity contribution in [2.45, 2.75) is 6.92 Å². The molecule has 3 rings (SSSR count). The van der Waals surface area contributed by atoms with Crippen LogP contribution in [0.4, 0.5) is 5.69 Å². The predicted molar refractivity (Wildman–Crippen MR) is 90.8 cm³/mol. The fourth-order valence-corrected chi connectivity index (χ4v) is 2.66. The summed E-state index contributed by atoms with van der Waals surface area (Å²) in [6, 6.07) is 12.1. The van der Waals surface area contributed by atoms with Crippen molar-refractivity contribution in [1.29, 1.82) is 0 Å². The Hall–Kier alpha value is -2.07. The molecule has 2 aromatic rings. The van der Waals surface area contributed by atoms with Crippen LogP contribution in [0.3, 0.4) is 0 Å². The van der Waals surface area contributed by atoms with Crippen LogP contribution in [0.5, 0.6) is 0 Å². The highest BCUT2D eigenvalue weighted by Gasteiger charge is 2.22. The van der Waals surface area contributed by atoms with Crippen LogP contribution >= 0.6 is 12.4 Å². The number of aromatic nitrogens is 1. The average Bonchev–Trinajstić information content (AvgIpc) is 2.55. The third-order valence-corrected chi connectivity index (χ3v) is 3.84. The third-order valence-electron chi connectivity index (χ3n) is 3.84. The van der Waals surface area contributed by atoms with E-state index in [1.807, 2.05) is 11.0 Å². The quantitative estimate of drug-likeness (QED) is 0.854. The normalized spacial score (nSPS) is 14.4. The number of amides is 1. The van der Waals surface area contributed by atoms with Gasteiger partial charge in [-0.05, 0) is 36.8 Å². The highest BCUT2D eigenvalue weighted by molar-refractivity contribution is 5.94. The van der Waals surface area contributed by atoms with Crippen molar-refractivity contribution in [1.82, 2.24) is 9.88 Å². The van der Waals surface area contributed by atoms with E-state index in [9.17, 15) is 4.79 Å². The molecule has 116 valence electrons. The van der Waals surface area contributed by atoms with Crippen molar-refractivity contribution in [3.63, 3.8) is 0 Å². The molecule has 4 nitrogen and oxygen atoms in total. The molecule has 1 aliphatic heterocycles. The van der Waals surface area contributed by atoms with E-state index in [-0.39, 0.29) is 18.3 Å². The zero-order chi connectivity index (χ0) is 14.7. The van der Waals surface area contributed by atoms with Crippen LogP contribution in [-0.2, 0) is 0 Å². The zero-order valence-corrected chi connectivity index (χ0v) is 13.4. The largest absolute Gasteiger partial charge is 0.368 e. The van der Waals surface area contributed by atoms with Gasteiger partial charge in [-0.25, -0.2) is 0 Å². The summed E-state index contributed by atoms with van der Waals surface area (Å²) in [5.41, 5.74) is 3.17. The summed E-state index contributed by atoms with van der Waals surface area (Å²) < 4.78 is 0. The third kappa shape index (κ3) is 3.57. The molecule has 0 atom stereocenters. The predicted octanol–water partition coefficient (Wildman–Crippen LogP) is 2.77. The maximum atomic E-state index is 12.4. The number of rotatable bonds is 2. The molecule has 0 saturated carbocycles. The summed E-state index contributed by atoms with van der Waals surface area (Å²) in [5, 5.41) is 0. The molecule has 0 N–H and O–H groups in total. The number of anilines is 1. The molecule has 0 aliphatic carbocycles. The van der Waals surface area contributed by atoms with Crippen LogP contribution in [-0.4, -0.2) is 42.0 Å². The van der Waals surface area contributed by atoms with Gasteiger partial charge in [0.25, 0.3) is 5.91 Å². The van der Waals surface area contributed by atoms with Crippen LogP contribution < -0.4 is 4.90 Å². The Kier molecular flexibility index (Phi) is 5.39. The second kappa shape index (κ2) is 7.27. The number of nitrogens with zero attached hydrogens (tertiary/aromatic N) is 3. The first-order chi connectivity index (χ1) is 10.2. The van der Waals surface area contributed by atoms with Crippen LogP contribution in [0, 0.1) is 6.92 Å². The number of carbonyl (C=O) groups excluding carboxylic acids is 1. The first-order valence-corrected chi connectivity index (χ1v) is 7.25. The average molecular weight is 318 g/mol. The van der Waals surface area contributed by atoms with E-state index >= 15 is 0 Å². The smallest absolute Gasteiger partial charge is 0.255 e. The van der Waals surface area contributed by atoms with Gasteiger partial charge in [0.15, 0.2) is 0 Å². The SMILES string of the molecule is Cc1cccc(N2CCN(C(=O)c3cccnc3)CC2)c1.Cl. The fraction of sp³-hybridized carbons (Fsp3) is 0.294. The lowest BCUT2D eigenvalue weighted by atomic mass is 10.1. The molecular weight excluding hydrogens is 298 g/mol. The number of hydrogen-bond acceptors (Lipinski definition) is 3. The van der Waals surface area contributed by atoms with E-state index in [4.69, 9.17) is 0 Å². The van der Waals surface area contributed by atoms with E-state index in [1.165, 1.54) is 11.3 Å². The van der Waals surface area contributed by atoms with E-state index in [0.717, 1.165) is 26.2 Å². The van der Waals surface area contributed by atoms with Crippen molar-refractivity contribution in [2.24, 2.45) is 0 Å². The van der Waals surface area contributed by atoms with Crippen LogP contribution in [0.1, 0.15) is 15.9 Å². The Morgan fingerprint density at radius 2 is 1.86 bits per heavy atom. The Morgan fingerprint density at radius 1 is 1.09 bits per heavy atom. The minimum atomic E-state index is 0. The molecule has 0 unspecified atom stereocenters. The van der Waals surface area contributed by atoms with Crippen LogP contribution in [0.2, 0.25) is 0 Å². The number of halogens is 1. The minimum Gasteiger partial charge on any atom is -0.368 e. The molecule has 5 heteroatoms.